The van der Waals surface area contributed by atoms with Crippen molar-refractivity contribution in [1.29, 1.82) is 0 Å². The first kappa shape index (κ1) is 12.2. The van der Waals surface area contributed by atoms with E-state index in [2.05, 4.69) is 5.32 Å². The minimum Gasteiger partial charge on any atom is -0.497 e. The molecule has 0 bridgehead atoms. The average molecular weight is 250 g/mol. The van der Waals surface area contributed by atoms with Crippen molar-refractivity contribution in [2.24, 2.45) is 0 Å². The fourth-order valence-electron chi connectivity index (χ4n) is 1.57. The molecular weight excluding hydrogens is 238 g/mol. The third-order valence-electron chi connectivity index (χ3n) is 2.40. The highest BCUT2D eigenvalue weighted by molar-refractivity contribution is 5.66. The van der Waals surface area contributed by atoms with Crippen LogP contribution in [-0.2, 0) is 0 Å². The van der Waals surface area contributed by atoms with Crippen LogP contribution in [0.25, 0.3) is 0 Å². The Morgan fingerprint density at radius 3 is 2.67 bits per heavy atom. The van der Waals surface area contributed by atoms with Gasteiger partial charge in [-0.15, -0.1) is 0 Å². The summed E-state index contributed by atoms with van der Waals surface area (Å²) >= 11 is 0. The van der Waals surface area contributed by atoms with Crippen LogP contribution in [-0.4, -0.2) is 7.11 Å². The lowest BCUT2D eigenvalue weighted by Gasteiger charge is -2.10. The van der Waals surface area contributed by atoms with E-state index in [1.54, 1.807) is 18.2 Å². The molecular formula is C13H12F2N2O. The molecule has 18 heavy (non-hydrogen) atoms. The van der Waals surface area contributed by atoms with Crippen LogP contribution in [0.1, 0.15) is 0 Å². The Morgan fingerprint density at radius 1 is 1.17 bits per heavy atom. The molecule has 0 spiro atoms. The second-order valence-corrected chi connectivity index (χ2v) is 3.72. The summed E-state index contributed by atoms with van der Waals surface area (Å²) in [6.45, 7) is 0. The van der Waals surface area contributed by atoms with Crippen LogP contribution < -0.4 is 15.8 Å². The van der Waals surface area contributed by atoms with Crippen LogP contribution in [0.15, 0.2) is 36.4 Å². The van der Waals surface area contributed by atoms with E-state index in [0.717, 1.165) is 6.07 Å². The molecule has 0 unspecified atom stereocenters. The highest BCUT2D eigenvalue weighted by Crippen LogP contribution is 2.27. The molecule has 2 aromatic rings. The molecule has 0 heterocycles. The number of ether oxygens (including phenoxy) is 1. The molecule has 2 rings (SSSR count). The second-order valence-electron chi connectivity index (χ2n) is 3.72. The third kappa shape index (κ3) is 2.51. The molecule has 0 saturated carbocycles. The molecule has 5 heteroatoms. The van der Waals surface area contributed by atoms with Crippen molar-refractivity contribution < 1.29 is 13.5 Å². The molecule has 0 fully saturated rings. The van der Waals surface area contributed by atoms with Gasteiger partial charge in [0.1, 0.15) is 5.75 Å². The Morgan fingerprint density at radius 2 is 1.94 bits per heavy atom. The number of nitrogen functional groups attached to an aromatic ring is 1. The van der Waals surface area contributed by atoms with Gasteiger partial charge < -0.3 is 15.8 Å². The first-order valence-corrected chi connectivity index (χ1v) is 5.26. The molecule has 0 aromatic heterocycles. The summed E-state index contributed by atoms with van der Waals surface area (Å²) in [6.07, 6.45) is 0. The predicted octanol–water partition coefficient (Wildman–Crippen LogP) is 3.30. The quantitative estimate of drug-likeness (QED) is 0.822. The van der Waals surface area contributed by atoms with Crippen molar-refractivity contribution in [3.63, 3.8) is 0 Å². The lowest BCUT2D eigenvalue weighted by molar-refractivity contribution is 0.415. The largest absolute Gasteiger partial charge is 0.497 e. The maximum Gasteiger partial charge on any atom is 0.182 e. The van der Waals surface area contributed by atoms with Crippen LogP contribution in [0.4, 0.5) is 25.8 Å². The van der Waals surface area contributed by atoms with E-state index in [1.165, 1.54) is 19.2 Å². The number of anilines is 3. The molecule has 0 saturated heterocycles. The summed E-state index contributed by atoms with van der Waals surface area (Å²) in [6, 6.07) is 8.79. The number of rotatable bonds is 3. The van der Waals surface area contributed by atoms with Gasteiger partial charge in [-0.05, 0) is 18.2 Å². The smallest absolute Gasteiger partial charge is 0.182 e. The summed E-state index contributed by atoms with van der Waals surface area (Å²) in [5.41, 5.74) is 6.70. The molecule has 0 aliphatic carbocycles. The van der Waals surface area contributed by atoms with Crippen LogP contribution in [0.2, 0.25) is 0 Å². The minimum atomic E-state index is -0.932. The SMILES string of the molecule is COc1cc(N)cc(Nc2cccc(F)c2F)c1. The fraction of sp³-hybridized carbons (Fsp3) is 0.0769. The van der Waals surface area contributed by atoms with Gasteiger partial charge in [-0.3, -0.25) is 0 Å². The van der Waals surface area contributed by atoms with E-state index in [9.17, 15) is 8.78 Å². The summed E-state index contributed by atoms with van der Waals surface area (Å²) < 4.78 is 31.6. The van der Waals surface area contributed by atoms with Gasteiger partial charge >= 0.3 is 0 Å². The molecule has 3 N–H and O–H groups in total. The van der Waals surface area contributed by atoms with Gasteiger partial charge in [0.25, 0.3) is 0 Å². The van der Waals surface area contributed by atoms with Crippen molar-refractivity contribution >= 4 is 17.1 Å². The minimum absolute atomic E-state index is 0.0441. The maximum absolute atomic E-state index is 13.5. The van der Waals surface area contributed by atoms with E-state index in [0.29, 0.717) is 17.1 Å². The average Bonchev–Trinajstić information content (AvgIpc) is 2.34. The monoisotopic (exact) mass is 250 g/mol. The number of nitrogens with one attached hydrogen (secondary N) is 1. The van der Waals surface area contributed by atoms with Gasteiger partial charge in [0.15, 0.2) is 11.6 Å². The lowest BCUT2D eigenvalue weighted by atomic mass is 10.2. The zero-order valence-electron chi connectivity index (χ0n) is 9.71. The van der Waals surface area contributed by atoms with E-state index < -0.39 is 11.6 Å². The number of methoxy groups -OCH3 is 1. The Kier molecular flexibility index (Phi) is 3.32. The Hall–Kier alpha value is -2.30. The van der Waals surface area contributed by atoms with Gasteiger partial charge in [-0.2, -0.15) is 0 Å². The van der Waals surface area contributed by atoms with Crippen molar-refractivity contribution in [2.75, 3.05) is 18.2 Å². The zero-order chi connectivity index (χ0) is 13.1. The van der Waals surface area contributed by atoms with Gasteiger partial charge in [-0.25, -0.2) is 8.78 Å². The van der Waals surface area contributed by atoms with Crippen LogP contribution >= 0.6 is 0 Å². The Bertz CT molecular complexity index is 573. The van der Waals surface area contributed by atoms with Crippen LogP contribution in [0.3, 0.4) is 0 Å². The van der Waals surface area contributed by atoms with E-state index in [4.69, 9.17) is 10.5 Å². The number of benzene rings is 2. The summed E-state index contributed by atoms with van der Waals surface area (Å²) in [7, 11) is 1.50. The number of hydrogen-bond donors (Lipinski definition) is 2. The zero-order valence-corrected chi connectivity index (χ0v) is 9.71. The number of hydrogen-bond acceptors (Lipinski definition) is 3. The molecule has 0 atom stereocenters. The molecule has 0 amide bonds. The van der Waals surface area contributed by atoms with Gasteiger partial charge in [0.05, 0.1) is 12.8 Å². The number of halogens is 2. The standard InChI is InChI=1S/C13H12F2N2O/c1-18-10-6-8(16)5-9(7-10)17-12-4-2-3-11(14)13(12)15/h2-7,17H,16H2,1H3. The van der Waals surface area contributed by atoms with Gasteiger partial charge in [-0.1, -0.05) is 6.07 Å². The summed E-state index contributed by atoms with van der Waals surface area (Å²) in [5.74, 6) is -1.30. The van der Waals surface area contributed by atoms with E-state index in [-0.39, 0.29) is 5.69 Å². The summed E-state index contributed by atoms with van der Waals surface area (Å²) in [4.78, 5) is 0. The van der Waals surface area contributed by atoms with Crippen molar-refractivity contribution in [3.05, 3.63) is 48.0 Å². The highest BCUT2D eigenvalue weighted by atomic mass is 19.2. The lowest BCUT2D eigenvalue weighted by Crippen LogP contribution is -1.98. The summed E-state index contributed by atoms with van der Waals surface area (Å²) in [5, 5.41) is 2.75. The molecule has 2 aromatic carbocycles. The van der Waals surface area contributed by atoms with E-state index >= 15 is 0 Å². The van der Waals surface area contributed by atoms with Crippen molar-refractivity contribution in [3.8, 4) is 5.75 Å². The van der Waals surface area contributed by atoms with Crippen molar-refractivity contribution in [2.45, 2.75) is 0 Å². The topological polar surface area (TPSA) is 47.3 Å². The van der Waals surface area contributed by atoms with E-state index in [1.807, 2.05) is 0 Å². The fourth-order valence-corrected chi connectivity index (χ4v) is 1.57. The first-order chi connectivity index (χ1) is 8.60. The van der Waals surface area contributed by atoms with Gasteiger partial charge in [0.2, 0.25) is 0 Å². The van der Waals surface area contributed by atoms with Crippen molar-refractivity contribution in [1.82, 2.24) is 0 Å². The maximum atomic E-state index is 13.5. The Balaban J connectivity index is 2.34. The molecule has 94 valence electrons. The Labute approximate surface area is 103 Å². The molecule has 0 aliphatic heterocycles. The van der Waals surface area contributed by atoms with Crippen LogP contribution in [0.5, 0.6) is 5.75 Å². The predicted molar refractivity (Wildman–Crippen MR) is 67.0 cm³/mol. The highest BCUT2D eigenvalue weighted by Gasteiger charge is 2.08. The first-order valence-electron chi connectivity index (χ1n) is 5.26. The van der Waals surface area contributed by atoms with Gasteiger partial charge in [0, 0.05) is 23.5 Å². The third-order valence-corrected chi connectivity index (χ3v) is 2.40. The molecule has 0 aliphatic rings. The molecule has 0 radical (unpaired) electrons. The normalized spacial score (nSPS) is 10.2. The molecule has 3 nitrogen and oxygen atoms in total. The van der Waals surface area contributed by atoms with Crippen LogP contribution in [0, 0.1) is 11.6 Å². The second kappa shape index (κ2) is 4.91. The number of nitrogens with two attached hydrogens (primary N) is 1.